The molecular formula is C25H30F3N3O2S. The van der Waals surface area contributed by atoms with Gasteiger partial charge in [0.05, 0.1) is 18.2 Å². The lowest BCUT2D eigenvalue weighted by molar-refractivity contribution is -0.138. The summed E-state index contributed by atoms with van der Waals surface area (Å²) in [6.07, 6.45) is -3.19. The fourth-order valence-corrected chi connectivity index (χ4v) is 4.56. The fourth-order valence-electron chi connectivity index (χ4n) is 4.25. The average Bonchev–Trinajstić information content (AvgIpc) is 3.12. The highest BCUT2D eigenvalue weighted by Crippen LogP contribution is 2.40. The van der Waals surface area contributed by atoms with Gasteiger partial charge in [-0.15, -0.1) is 0 Å². The number of hydrogen-bond acceptors (Lipinski definition) is 5. The summed E-state index contributed by atoms with van der Waals surface area (Å²) in [5.41, 5.74) is 6.60. The first-order valence-corrected chi connectivity index (χ1v) is 11.9. The maximum atomic E-state index is 13.3. The molecule has 2 aliphatic rings. The number of carbonyl (C=O) groups is 1. The number of nitrogens with two attached hydrogens (primary N) is 2. The van der Waals surface area contributed by atoms with Crippen molar-refractivity contribution in [2.24, 2.45) is 22.7 Å². The van der Waals surface area contributed by atoms with Crippen LogP contribution in [0.5, 0.6) is 0 Å². The molecule has 2 aromatic carbocycles. The van der Waals surface area contributed by atoms with E-state index >= 15 is 0 Å². The van der Waals surface area contributed by atoms with Crippen molar-refractivity contribution in [3.8, 4) is 0 Å². The Kier molecular flexibility index (Phi) is 8.00. The zero-order valence-electron chi connectivity index (χ0n) is 19.4. The standard InChI is InChI=1S/C17H14F3NO2.C8H16N2S/c1-10(22)11-7-13-14(15(8-11)17(18,19)20)9-21(16(13)23)12-5-3-2-4-6-12;1-5-3-7(4-5)8(9)6(2)11-10/h2-8,10,22H,9H2,1H3;5,7H,3-4,9-10H2,1-2H3/b;8-6-. The van der Waals surface area contributed by atoms with Gasteiger partial charge in [0.15, 0.2) is 0 Å². The van der Waals surface area contributed by atoms with Crippen LogP contribution in [0.25, 0.3) is 0 Å². The van der Waals surface area contributed by atoms with Gasteiger partial charge in [0.2, 0.25) is 0 Å². The minimum absolute atomic E-state index is 0.000391. The van der Waals surface area contributed by atoms with E-state index in [0.29, 0.717) is 11.6 Å². The second-order valence-electron chi connectivity index (χ2n) is 8.90. The highest BCUT2D eigenvalue weighted by Gasteiger charge is 2.40. The van der Waals surface area contributed by atoms with E-state index in [1.54, 1.807) is 30.3 Å². The maximum Gasteiger partial charge on any atom is 0.416 e. The van der Waals surface area contributed by atoms with E-state index in [1.165, 1.54) is 42.7 Å². The number of nitrogens with zero attached hydrogens (tertiary/aromatic N) is 1. The Hall–Kier alpha value is -2.49. The number of anilines is 1. The summed E-state index contributed by atoms with van der Waals surface area (Å²) in [5, 5.41) is 15.0. The quantitative estimate of drug-likeness (QED) is 0.472. The largest absolute Gasteiger partial charge is 0.416 e. The Labute approximate surface area is 202 Å². The van der Waals surface area contributed by atoms with E-state index in [9.17, 15) is 23.1 Å². The van der Waals surface area contributed by atoms with E-state index < -0.39 is 23.8 Å². The van der Waals surface area contributed by atoms with Gasteiger partial charge in [-0.25, -0.2) is 0 Å². The summed E-state index contributed by atoms with van der Waals surface area (Å²) in [6, 6.07) is 10.8. The summed E-state index contributed by atoms with van der Waals surface area (Å²) >= 11 is 1.27. The topological polar surface area (TPSA) is 92.6 Å². The van der Waals surface area contributed by atoms with Crippen LogP contribution >= 0.6 is 11.9 Å². The normalized spacial score (nSPS) is 21.2. The number of para-hydroxylation sites is 1. The van der Waals surface area contributed by atoms with Gasteiger partial charge >= 0.3 is 6.18 Å². The predicted molar refractivity (Wildman–Crippen MR) is 130 cm³/mol. The summed E-state index contributed by atoms with van der Waals surface area (Å²) in [6.45, 7) is 5.49. The van der Waals surface area contributed by atoms with Gasteiger partial charge in [0.25, 0.3) is 5.91 Å². The molecule has 5 N–H and O–H groups in total. The van der Waals surface area contributed by atoms with Gasteiger partial charge < -0.3 is 15.7 Å². The molecule has 0 aromatic heterocycles. The second-order valence-corrected chi connectivity index (χ2v) is 9.75. The van der Waals surface area contributed by atoms with E-state index in [2.05, 4.69) is 6.92 Å². The van der Waals surface area contributed by atoms with Gasteiger partial charge in [-0.1, -0.05) is 37.1 Å². The SMILES string of the molecule is C/C(SN)=C(/N)C1CC(C)C1.CC(O)c1cc2c(c(C(F)(F)F)c1)CN(c1ccccc1)C2=O. The molecule has 1 saturated carbocycles. The Bertz CT molecular complexity index is 1070. The van der Waals surface area contributed by atoms with Gasteiger partial charge in [-0.2, -0.15) is 13.2 Å². The van der Waals surface area contributed by atoms with Crippen molar-refractivity contribution in [2.45, 2.75) is 52.4 Å². The van der Waals surface area contributed by atoms with Crippen LogP contribution in [0.3, 0.4) is 0 Å². The third kappa shape index (κ3) is 5.59. The van der Waals surface area contributed by atoms with Crippen LogP contribution < -0.4 is 15.8 Å². The Morgan fingerprint density at radius 1 is 1.21 bits per heavy atom. The third-order valence-electron chi connectivity index (χ3n) is 6.32. The molecular weight excluding hydrogens is 463 g/mol. The second kappa shape index (κ2) is 10.4. The van der Waals surface area contributed by atoms with E-state index in [-0.39, 0.29) is 23.2 Å². The van der Waals surface area contributed by atoms with Gasteiger partial charge in [-0.3, -0.25) is 9.93 Å². The number of benzene rings is 2. The van der Waals surface area contributed by atoms with E-state index in [1.807, 2.05) is 6.92 Å². The summed E-state index contributed by atoms with van der Waals surface area (Å²) in [4.78, 5) is 14.9. The zero-order valence-corrected chi connectivity index (χ0v) is 20.2. The fraction of sp³-hybridized carbons (Fsp3) is 0.400. The van der Waals surface area contributed by atoms with Crippen LogP contribution in [0.4, 0.5) is 18.9 Å². The lowest BCUT2D eigenvalue weighted by Gasteiger charge is -2.33. The monoisotopic (exact) mass is 493 g/mol. The number of amides is 1. The number of aliphatic hydroxyl groups is 1. The molecule has 2 aromatic rings. The molecule has 1 aliphatic carbocycles. The van der Waals surface area contributed by atoms with Crippen molar-refractivity contribution in [3.63, 3.8) is 0 Å². The van der Waals surface area contributed by atoms with Crippen LogP contribution in [0, 0.1) is 11.8 Å². The molecule has 1 unspecified atom stereocenters. The molecule has 9 heteroatoms. The first-order chi connectivity index (χ1) is 15.9. The number of fused-ring (bicyclic) bond motifs is 1. The minimum Gasteiger partial charge on any atom is -0.401 e. The predicted octanol–water partition coefficient (Wildman–Crippen LogP) is 5.75. The lowest BCUT2D eigenvalue weighted by Crippen LogP contribution is -2.27. The Morgan fingerprint density at radius 3 is 2.32 bits per heavy atom. The molecule has 0 saturated heterocycles. The van der Waals surface area contributed by atoms with Gasteiger partial charge in [0, 0.05) is 21.9 Å². The summed E-state index contributed by atoms with van der Waals surface area (Å²) in [5.74, 6) is 0.981. The summed E-state index contributed by atoms with van der Waals surface area (Å²) < 4.78 is 40.0. The van der Waals surface area contributed by atoms with E-state index in [4.69, 9.17) is 10.9 Å². The molecule has 5 nitrogen and oxygen atoms in total. The molecule has 1 atom stereocenters. The van der Waals surface area contributed by atoms with Crippen molar-refractivity contribution in [1.29, 1.82) is 0 Å². The molecule has 0 radical (unpaired) electrons. The zero-order chi connectivity index (χ0) is 25.2. The third-order valence-corrected chi connectivity index (χ3v) is 6.91. The van der Waals surface area contributed by atoms with Gasteiger partial charge in [0.1, 0.15) is 0 Å². The number of rotatable bonds is 4. The lowest BCUT2D eigenvalue weighted by atomic mass is 9.74. The van der Waals surface area contributed by atoms with Crippen molar-refractivity contribution >= 4 is 23.5 Å². The van der Waals surface area contributed by atoms with Crippen molar-refractivity contribution < 1.29 is 23.1 Å². The Morgan fingerprint density at radius 2 is 1.82 bits per heavy atom. The van der Waals surface area contributed by atoms with E-state index in [0.717, 1.165) is 22.6 Å². The summed E-state index contributed by atoms with van der Waals surface area (Å²) in [7, 11) is 0. The molecule has 1 amide bonds. The molecule has 4 rings (SSSR count). The highest BCUT2D eigenvalue weighted by molar-refractivity contribution is 8.00. The van der Waals surface area contributed by atoms with Crippen LogP contribution in [0.1, 0.15) is 66.8 Å². The first kappa shape index (κ1) is 26.1. The van der Waals surface area contributed by atoms with Crippen molar-refractivity contribution in [2.75, 3.05) is 4.90 Å². The molecule has 1 heterocycles. The number of allylic oxidation sites excluding steroid dienone is 2. The number of halogens is 3. The van der Waals surface area contributed by atoms with Crippen LogP contribution in [0.2, 0.25) is 0 Å². The van der Waals surface area contributed by atoms with Crippen molar-refractivity contribution in [3.05, 3.63) is 75.3 Å². The van der Waals surface area contributed by atoms with Crippen molar-refractivity contribution in [1.82, 2.24) is 0 Å². The molecule has 1 fully saturated rings. The molecule has 0 bridgehead atoms. The highest BCUT2D eigenvalue weighted by atomic mass is 32.2. The van der Waals surface area contributed by atoms with Crippen LogP contribution in [-0.4, -0.2) is 11.0 Å². The number of carbonyl (C=O) groups excluding carboxylic acids is 1. The smallest absolute Gasteiger partial charge is 0.401 e. The average molecular weight is 494 g/mol. The number of alkyl halides is 3. The molecule has 0 spiro atoms. The first-order valence-electron chi connectivity index (χ1n) is 11.1. The molecule has 1 aliphatic heterocycles. The molecule has 184 valence electrons. The maximum absolute atomic E-state index is 13.3. The van der Waals surface area contributed by atoms with Crippen LogP contribution in [-0.2, 0) is 12.7 Å². The van der Waals surface area contributed by atoms with Gasteiger partial charge in [-0.05, 0) is 73.9 Å². The minimum atomic E-state index is -4.58. The Balaban J connectivity index is 0.000000248. The number of aliphatic hydroxyl groups excluding tert-OH is 1. The van der Waals surface area contributed by atoms with Crippen LogP contribution in [0.15, 0.2) is 53.1 Å². The molecule has 34 heavy (non-hydrogen) atoms. The number of hydrogen-bond donors (Lipinski definition) is 3.